The second kappa shape index (κ2) is 16.0. The van der Waals surface area contributed by atoms with Gasteiger partial charge < -0.3 is 0 Å². The second-order valence-corrected chi connectivity index (χ2v) is 9.26. The van der Waals surface area contributed by atoms with Gasteiger partial charge in [-0.25, -0.2) is 0 Å². The molecule has 0 amide bonds. The van der Waals surface area contributed by atoms with Crippen molar-refractivity contribution in [1.29, 1.82) is 0 Å². The summed E-state index contributed by atoms with van der Waals surface area (Å²) in [7, 11) is 0. The monoisotopic (exact) mass is 402 g/mol. The first-order chi connectivity index (χ1) is 14.0. The molecule has 0 aromatic heterocycles. The minimum Gasteiger partial charge on any atom is -0.0683 e. The zero-order valence-electron chi connectivity index (χ0n) is 21.6. The number of rotatable bonds is 4. The van der Waals surface area contributed by atoms with E-state index in [9.17, 15) is 0 Å². The fraction of sp³-hybridized carbons (Fsp3) is 0.793. The molecule has 0 N–H and O–H groups in total. The molecule has 1 aromatic carbocycles. The van der Waals surface area contributed by atoms with Crippen molar-refractivity contribution in [2.24, 2.45) is 17.3 Å². The van der Waals surface area contributed by atoms with Gasteiger partial charge in [-0.2, -0.15) is 0 Å². The summed E-state index contributed by atoms with van der Waals surface area (Å²) in [5.41, 5.74) is 3.72. The Labute approximate surface area is 185 Å². The zero-order chi connectivity index (χ0) is 22.3. The van der Waals surface area contributed by atoms with E-state index in [1.807, 2.05) is 41.5 Å². The molecule has 1 aromatic rings. The standard InChI is InChI=1S/C23H36.3C2H6/c1-18-15-16-23(2,3)17-22(18)14-11-19-9-12-21(13-10-19)20-7-5-4-6-8-20;3*1-2/h9-10,12-13,18,20,22H,4-8,11,14-17H2,1-3H3;3*1-2H3/t18?,22-;;;/m0.../s1. The molecule has 3 rings (SSSR count). The van der Waals surface area contributed by atoms with Gasteiger partial charge in [0.1, 0.15) is 0 Å². The van der Waals surface area contributed by atoms with Gasteiger partial charge >= 0.3 is 0 Å². The van der Waals surface area contributed by atoms with Crippen LogP contribution < -0.4 is 0 Å². The van der Waals surface area contributed by atoms with E-state index in [1.54, 1.807) is 11.1 Å². The van der Waals surface area contributed by atoms with Crippen LogP contribution in [0.4, 0.5) is 0 Å². The topological polar surface area (TPSA) is 0 Å². The fourth-order valence-electron chi connectivity index (χ4n) is 5.00. The van der Waals surface area contributed by atoms with E-state index in [4.69, 9.17) is 0 Å². The molecule has 0 aliphatic heterocycles. The maximum absolute atomic E-state index is 2.48. The molecule has 2 saturated carbocycles. The summed E-state index contributed by atoms with van der Waals surface area (Å²) in [6.07, 6.45) is 14.1. The van der Waals surface area contributed by atoms with Crippen molar-refractivity contribution in [1.82, 2.24) is 0 Å². The first-order valence-electron chi connectivity index (χ1n) is 13.1. The van der Waals surface area contributed by atoms with Crippen LogP contribution in [0.1, 0.15) is 137 Å². The third-order valence-electron chi connectivity index (χ3n) is 6.76. The number of benzene rings is 1. The van der Waals surface area contributed by atoms with E-state index in [0.29, 0.717) is 5.41 Å². The molecule has 29 heavy (non-hydrogen) atoms. The van der Waals surface area contributed by atoms with Crippen LogP contribution in [0.15, 0.2) is 24.3 Å². The lowest BCUT2D eigenvalue weighted by molar-refractivity contribution is 0.121. The van der Waals surface area contributed by atoms with Crippen LogP contribution in [0.5, 0.6) is 0 Å². The molecule has 1 unspecified atom stereocenters. The summed E-state index contributed by atoms with van der Waals surface area (Å²) < 4.78 is 0. The molecule has 0 spiro atoms. The van der Waals surface area contributed by atoms with E-state index in [2.05, 4.69) is 45.0 Å². The largest absolute Gasteiger partial charge is 0.0683 e. The number of hydrogen-bond donors (Lipinski definition) is 0. The Hall–Kier alpha value is -0.780. The number of hydrogen-bond acceptors (Lipinski definition) is 0. The van der Waals surface area contributed by atoms with Crippen molar-refractivity contribution < 1.29 is 0 Å². The minimum atomic E-state index is 0.571. The summed E-state index contributed by atoms with van der Waals surface area (Å²) in [6.45, 7) is 19.4. The number of aryl methyl sites for hydroxylation is 1. The van der Waals surface area contributed by atoms with Crippen molar-refractivity contribution in [3.63, 3.8) is 0 Å². The first kappa shape index (κ1) is 28.2. The second-order valence-electron chi connectivity index (χ2n) is 9.26. The maximum Gasteiger partial charge on any atom is -0.0162 e. The highest BCUT2D eigenvalue weighted by molar-refractivity contribution is 5.26. The van der Waals surface area contributed by atoms with E-state index in [0.717, 1.165) is 17.8 Å². The summed E-state index contributed by atoms with van der Waals surface area (Å²) >= 11 is 0. The lowest BCUT2D eigenvalue weighted by atomic mass is 9.66. The smallest absolute Gasteiger partial charge is 0.0162 e. The van der Waals surface area contributed by atoms with Crippen LogP contribution >= 0.6 is 0 Å². The van der Waals surface area contributed by atoms with Gasteiger partial charge in [0, 0.05) is 0 Å². The molecular weight excluding hydrogens is 348 g/mol. The van der Waals surface area contributed by atoms with E-state index < -0.39 is 0 Å². The molecular formula is C29H54. The highest BCUT2D eigenvalue weighted by atomic mass is 14.4. The highest BCUT2D eigenvalue weighted by Crippen LogP contribution is 2.43. The van der Waals surface area contributed by atoms with Crippen LogP contribution in [0.25, 0.3) is 0 Å². The molecule has 0 saturated heterocycles. The predicted octanol–water partition coefficient (Wildman–Crippen LogP) is 10.2. The Balaban J connectivity index is 0.00000120. The summed E-state index contributed by atoms with van der Waals surface area (Å²) in [5.74, 6) is 2.69. The van der Waals surface area contributed by atoms with Crippen LogP contribution in [-0.4, -0.2) is 0 Å². The molecule has 2 fully saturated rings. The fourth-order valence-corrected chi connectivity index (χ4v) is 5.00. The third-order valence-corrected chi connectivity index (χ3v) is 6.76. The maximum atomic E-state index is 2.48. The van der Waals surface area contributed by atoms with Gasteiger partial charge in [-0.15, -0.1) is 0 Å². The molecule has 2 aliphatic rings. The van der Waals surface area contributed by atoms with Gasteiger partial charge in [0.2, 0.25) is 0 Å². The normalized spacial score (nSPS) is 23.3. The lowest BCUT2D eigenvalue weighted by Gasteiger charge is -2.39. The summed E-state index contributed by atoms with van der Waals surface area (Å²) in [6, 6.07) is 9.70. The molecule has 170 valence electrons. The Morgan fingerprint density at radius 1 is 0.793 bits per heavy atom. The van der Waals surface area contributed by atoms with Crippen LogP contribution in [0.3, 0.4) is 0 Å². The molecule has 2 atom stereocenters. The van der Waals surface area contributed by atoms with Crippen LogP contribution in [0.2, 0.25) is 0 Å². The Morgan fingerprint density at radius 2 is 1.34 bits per heavy atom. The zero-order valence-corrected chi connectivity index (χ0v) is 21.6. The van der Waals surface area contributed by atoms with Crippen molar-refractivity contribution in [3.05, 3.63) is 35.4 Å². The summed E-state index contributed by atoms with van der Waals surface area (Å²) in [5, 5.41) is 0. The van der Waals surface area contributed by atoms with Crippen molar-refractivity contribution in [3.8, 4) is 0 Å². The third kappa shape index (κ3) is 10.2. The SMILES string of the molecule is CC.CC.CC.CC1CCC(C)(C)C[C@@H]1CCc1ccc(C2CCCCC2)cc1. The van der Waals surface area contributed by atoms with Gasteiger partial charge in [-0.05, 0) is 79.2 Å². The van der Waals surface area contributed by atoms with Gasteiger partial charge in [0.15, 0.2) is 0 Å². The predicted molar refractivity (Wildman–Crippen MR) is 135 cm³/mol. The lowest BCUT2D eigenvalue weighted by Crippen LogP contribution is -2.28. The molecule has 0 heterocycles. The molecule has 0 bridgehead atoms. The minimum absolute atomic E-state index is 0.571. The van der Waals surface area contributed by atoms with E-state index in [1.165, 1.54) is 64.2 Å². The molecule has 0 heteroatoms. The van der Waals surface area contributed by atoms with Crippen LogP contribution in [0, 0.1) is 17.3 Å². The average Bonchev–Trinajstić information content (AvgIpc) is 2.79. The van der Waals surface area contributed by atoms with Crippen LogP contribution in [-0.2, 0) is 6.42 Å². The van der Waals surface area contributed by atoms with Crippen molar-refractivity contribution in [2.45, 2.75) is 132 Å². The summed E-state index contributed by atoms with van der Waals surface area (Å²) in [4.78, 5) is 0. The average molecular weight is 403 g/mol. The van der Waals surface area contributed by atoms with Crippen molar-refractivity contribution >= 4 is 0 Å². The Morgan fingerprint density at radius 3 is 1.90 bits per heavy atom. The van der Waals surface area contributed by atoms with Gasteiger partial charge in [-0.3, -0.25) is 0 Å². The first-order valence-corrected chi connectivity index (χ1v) is 13.1. The van der Waals surface area contributed by atoms with Gasteiger partial charge in [-0.1, -0.05) is 106 Å². The van der Waals surface area contributed by atoms with E-state index >= 15 is 0 Å². The molecule has 2 aliphatic carbocycles. The Kier molecular flexibility index (Phi) is 15.6. The quantitative estimate of drug-likeness (QED) is 0.469. The van der Waals surface area contributed by atoms with Gasteiger partial charge in [0.05, 0.1) is 0 Å². The molecule has 0 radical (unpaired) electrons. The van der Waals surface area contributed by atoms with Crippen molar-refractivity contribution in [2.75, 3.05) is 0 Å². The molecule has 0 nitrogen and oxygen atoms in total. The highest BCUT2D eigenvalue weighted by Gasteiger charge is 2.32. The Bertz CT molecular complexity index is 475. The van der Waals surface area contributed by atoms with Gasteiger partial charge in [0.25, 0.3) is 0 Å². The van der Waals surface area contributed by atoms with E-state index in [-0.39, 0.29) is 0 Å².